The Hall–Kier alpha value is -0.860. The smallest absolute Gasteiger partial charge is 0.0473 e. The SMILES string of the molecule is Cc1ccc(CCNCC(CO)C(C)C)c(C)c1. The van der Waals surface area contributed by atoms with Crippen molar-refractivity contribution >= 4 is 0 Å². The van der Waals surface area contributed by atoms with Crippen molar-refractivity contribution in [2.75, 3.05) is 19.7 Å². The van der Waals surface area contributed by atoms with Crippen LogP contribution < -0.4 is 5.32 Å². The van der Waals surface area contributed by atoms with E-state index in [9.17, 15) is 5.11 Å². The lowest BCUT2D eigenvalue weighted by Crippen LogP contribution is -2.30. The van der Waals surface area contributed by atoms with Gasteiger partial charge in [0.2, 0.25) is 0 Å². The zero-order valence-corrected chi connectivity index (χ0v) is 12.2. The summed E-state index contributed by atoms with van der Waals surface area (Å²) in [7, 11) is 0. The lowest BCUT2D eigenvalue weighted by Gasteiger charge is -2.18. The summed E-state index contributed by atoms with van der Waals surface area (Å²) in [6, 6.07) is 6.63. The number of aryl methyl sites for hydroxylation is 2. The fraction of sp³-hybridized carbons (Fsp3) is 0.625. The molecule has 0 spiro atoms. The van der Waals surface area contributed by atoms with Crippen LogP contribution in [-0.4, -0.2) is 24.8 Å². The molecule has 0 saturated carbocycles. The Labute approximate surface area is 111 Å². The maximum Gasteiger partial charge on any atom is 0.0473 e. The second kappa shape index (κ2) is 7.55. The number of benzene rings is 1. The highest BCUT2D eigenvalue weighted by atomic mass is 16.3. The molecule has 2 heteroatoms. The highest BCUT2D eigenvalue weighted by Gasteiger charge is 2.11. The first kappa shape index (κ1) is 15.2. The van der Waals surface area contributed by atoms with E-state index in [0.29, 0.717) is 11.8 Å². The van der Waals surface area contributed by atoms with Gasteiger partial charge in [-0.15, -0.1) is 0 Å². The largest absolute Gasteiger partial charge is 0.396 e. The Morgan fingerprint density at radius 3 is 2.50 bits per heavy atom. The van der Waals surface area contributed by atoms with Gasteiger partial charge in [0.1, 0.15) is 0 Å². The zero-order chi connectivity index (χ0) is 13.5. The Kier molecular flexibility index (Phi) is 6.37. The van der Waals surface area contributed by atoms with Crippen LogP contribution in [0.3, 0.4) is 0 Å². The van der Waals surface area contributed by atoms with E-state index in [-0.39, 0.29) is 6.61 Å². The van der Waals surface area contributed by atoms with Gasteiger partial charge in [0.05, 0.1) is 0 Å². The van der Waals surface area contributed by atoms with Gasteiger partial charge in [-0.25, -0.2) is 0 Å². The second-order valence-corrected chi connectivity index (χ2v) is 5.57. The van der Waals surface area contributed by atoms with E-state index in [1.807, 2.05) is 0 Å². The van der Waals surface area contributed by atoms with Gasteiger partial charge in [-0.2, -0.15) is 0 Å². The van der Waals surface area contributed by atoms with E-state index in [4.69, 9.17) is 0 Å². The third-order valence-corrected chi connectivity index (χ3v) is 3.65. The topological polar surface area (TPSA) is 32.3 Å². The van der Waals surface area contributed by atoms with Crippen LogP contribution in [0.15, 0.2) is 18.2 Å². The number of nitrogens with one attached hydrogen (secondary N) is 1. The minimum atomic E-state index is 0.272. The van der Waals surface area contributed by atoms with E-state index < -0.39 is 0 Å². The van der Waals surface area contributed by atoms with Gasteiger partial charge < -0.3 is 10.4 Å². The van der Waals surface area contributed by atoms with Gasteiger partial charge >= 0.3 is 0 Å². The molecule has 0 aromatic heterocycles. The highest BCUT2D eigenvalue weighted by Crippen LogP contribution is 2.11. The molecule has 0 heterocycles. The molecule has 2 nitrogen and oxygen atoms in total. The van der Waals surface area contributed by atoms with Crippen LogP contribution in [0.4, 0.5) is 0 Å². The molecular weight excluding hydrogens is 222 g/mol. The number of hydrogen-bond acceptors (Lipinski definition) is 2. The standard InChI is InChI=1S/C16H27NO/c1-12(2)16(11-18)10-17-8-7-15-6-5-13(3)9-14(15)4/h5-6,9,12,16-18H,7-8,10-11H2,1-4H3. The summed E-state index contributed by atoms with van der Waals surface area (Å²) in [5.41, 5.74) is 4.11. The first-order valence-corrected chi connectivity index (χ1v) is 6.92. The predicted molar refractivity (Wildman–Crippen MR) is 77.9 cm³/mol. The van der Waals surface area contributed by atoms with E-state index in [1.54, 1.807) is 0 Å². The van der Waals surface area contributed by atoms with Crippen LogP contribution in [0.1, 0.15) is 30.5 Å². The van der Waals surface area contributed by atoms with Crippen LogP contribution in [0, 0.1) is 25.7 Å². The molecule has 1 rings (SSSR count). The molecule has 0 radical (unpaired) electrons. The van der Waals surface area contributed by atoms with Crippen LogP contribution in [-0.2, 0) is 6.42 Å². The molecule has 0 fully saturated rings. The average molecular weight is 249 g/mol. The van der Waals surface area contributed by atoms with Crippen LogP contribution in [0.5, 0.6) is 0 Å². The third-order valence-electron chi connectivity index (χ3n) is 3.65. The summed E-state index contributed by atoms with van der Waals surface area (Å²) in [6.07, 6.45) is 1.06. The molecule has 1 atom stereocenters. The Bertz CT molecular complexity index is 360. The predicted octanol–water partition coefficient (Wildman–Crippen LogP) is 2.70. The zero-order valence-electron chi connectivity index (χ0n) is 12.2. The Morgan fingerprint density at radius 2 is 1.94 bits per heavy atom. The van der Waals surface area contributed by atoms with Crippen molar-refractivity contribution in [3.63, 3.8) is 0 Å². The highest BCUT2D eigenvalue weighted by molar-refractivity contribution is 5.30. The summed E-state index contributed by atoms with van der Waals surface area (Å²) in [6.45, 7) is 10.8. The summed E-state index contributed by atoms with van der Waals surface area (Å²) >= 11 is 0. The van der Waals surface area contributed by atoms with E-state index >= 15 is 0 Å². The van der Waals surface area contributed by atoms with E-state index in [2.05, 4.69) is 51.2 Å². The van der Waals surface area contributed by atoms with Crippen molar-refractivity contribution in [3.8, 4) is 0 Å². The van der Waals surface area contributed by atoms with E-state index in [1.165, 1.54) is 16.7 Å². The molecular formula is C16H27NO. The summed E-state index contributed by atoms with van der Waals surface area (Å²) < 4.78 is 0. The van der Waals surface area contributed by atoms with Gasteiger partial charge in [0.15, 0.2) is 0 Å². The summed E-state index contributed by atoms with van der Waals surface area (Å²) in [4.78, 5) is 0. The van der Waals surface area contributed by atoms with Crippen molar-refractivity contribution in [1.82, 2.24) is 5.32 Å². The molecule has 2 N–H and O–H groups in total. The molecule has 102 valence electrons. The third kappa shape index (κ3) is 4.79. The maximum absolute atomic E-state index is 9.25. The molecule has 1 unspecified atom stereocenters. The van der Waals surface area contributed by atoms with Crippen LogP contribution in [0.25, 0.3) is 0 Å². The molecule has 0 bridgehead atoms. The quantitative estimate of drug-likeness (QED) is 0.728. The van der Waals surface area contributed by atoms with E-state index in [0.717, 1.165) is 19.5 Å². The second-order valence-electron chi connectivity index (χ2n) is 5.57. The van der Waals surface area contributed by atoms with Crippen molar-refractivity contribution in [2.24, 2.45) is 11.8 Å². The van der Waals surface area contributed by atoms with Crippen LogP contribution in [0.2, 0.25) is 0 Å². The monoisotopic (exact) mass is 249 g/mol. The normalized spacial score (nSPS) is 13.0. The average Bonchev–Trinajstić information content (AvgIpc) is 2.31. The number of aliphatic hydroxyl groups is 1. The molecule has 0 saturated heterocycles. The molecule has 18 heavy (non-hydrogen) atoms. The van der Waals surface area contributed by atoms with Crippen molar-refractivity contribution in [1.29, 1.82) is 0 Å². The Balaban J connectivity index is 2.33. The lowest BCUT2D eigenvalue weighted by molar-refractivity contribution is 0.186. The molecule has 0 aliphatic heterocycles. The first-order chi connectivity index (χ1) is 8.54. The van der Waals surface area contributed by atoms with Crippen molar-refractivity contribution < 1.29 is 5.11 Å². The van der Waals surface area contributed by atoms with Gasteiger partial charge in [0, 0.05) is 13.2 Å². The minimum absolute atomic E-state index is 0.272. The van der Waals surface area contributed by atoms with Crippen molar-refractivity contribution in [3.05, 3.63) is 34.9 Å². The Morgan fingerprint density at radius 1 is 1.22 bits per heavy atom. The number of rotatable bonds is 7. The minimum Gasteiger partial charge on any atom is -0.396 e. The summed E-state index contributed by atoms with van der Waals surface area (Å²) in [5.74, 6) is 0.896. The first-order valence-electron chi connectivity index (χ1n) is 6.92. The summed E-state index contributed by atoms with van der Waals surface area (Å²) in [5, 5.41) is 12.7. The molecule has 1 aromatic rings. The molecule has 0 aliphatic carbocycles. The molecule has 0 amide bonds. The van der Waals surface area contributed by atoms with Gasteiger partial charge in [-0.1, -0.05) is 37.6 Å². The number of hydrogen-bond donors (Lipinski definition) is 2. The fourth-order valence-electron chi connectivity index (χ4n) is 2.15. The lowest BCUT2D eigenvalue weighted by atomic mass is 9.97. The van der Waals surface area contributed by atoms with Gasteiger partial charge in [-0.05, 0) is 49.8 Å². The van der Waals surface area contributed by atoms with Gasteiger partial charge in [0.25, 0.3) is 0 Å². The fourth-order valence-corrected chi connectivity index (χ4v) is 2.15. The van der Waals surface area contributed by atoms with Crippen molar-refractivity contribution in [2.45, 2.75) is 34.1 Å². The van der Waals surface area contributed by atoms with Crippen LogP contribution >= 0.6 is 0 Å². The molecule has 0 aliphatic rings. The molecule has 1 aromatic carbocycles. The van der Waals surface area contributed by atoms with Gasteiger partial charge in [-0.3, -0.25) is 0 Å². The number of aliphatic hydroxyl groups excluding tert-OH is 1. The maximum atomic E-state index is 9.25.